The number of hydrogen-bond acceptors (Lipinski definition) is 4. The van der Waals surface area contributed by atoms with E-state index in [2.05, 4.69) is 20.6 Å². The van der Waals surface area contributed by atoms with Crippen LogP contribution in [-0.4, -0.2) is 68.2 Å². The average Bonchev–Trinajstić information content (AvgIpc) is 3.51. The largest absolute Gasteiger partial charge is 0.381 e. The number of likely N-dealkylation sites (N-methyl/N-ethyl adjacent to an activating group) is 1. The number of nitrogens with zero attached hydrogens (tertiary/aromatic N) is 3. The number of aliphatic imine (C=N–C) groups is 1. The first-order valence-corrected chi connectivity index (χ1v) is 9.92. The van der Waals surface area contributed by atoms with Crippen LogP contribution >= 0.6 is 0 Å². The fraction of sp³-hybridized carbons (Fsp3) is 0.650. The van der Waals surface area contributed by atoms with Crippen LogP contribution in [0.15, 0.2) is 29.4 Å². The molecule has 0 atom stereocenters. The second-order valence-corrected chi connectivity index (χ2v) is 6.88. The number of rotatable bonds is 12. The summed E-state index contributed by atoms with van der Waals surface area (Å²) in [4.78, 5) is 22.7. The topological polar surface area (TPSA) is 78.9 Å². The minimum absolute atomic E-state index is 0.00380. The predicted molar refractivity (Wildman–Crippen MR) is 108 cm³/mol. The molecule has 1 aromatic heterocycles. The second kappa shape index (κ2) is 12.3. The first-order valence-electron chi connectivity index (χ1n) is 9.92. The molecule has 0 aromatic carbocycles. The van der Waals surface area contributed by atoms with Gasteiger partial charge in [-0.15, -0.1) is 0 Å². The van der Waals surface area contributed by atoms with Gasteiger partial charge in [-0.3, -0.25) is 9.78 Å². The Morgan fingerprint density at radius 3 is 2.93 bits per heavy atom. The second-order valence-electron chi connectivity index (χ2n) is 6.88. The molecule has 1 saturated carbocycles. The summed E-state index contributed by atoms with van der Waals surface area (Å²) in [5.74, 6) is 1.47. The van der Waals surface area contributed by atoms with Crippen molar-refractivity contribution in [2.45, 2.75) is 32.6 Å². The molecule has 0 bridgehead atoms. The van der Waals surface area contributed by atoms with Crippen LogP contribution in [0.1, 0.15) is 31.9 Å². The van der Waals surface area contributed by atoms with E-state index in [1.54, 1.807) is 18.1 Å². The van der Waals surface area contributed by atoms with Gasteiger partial charge in [0.1, 0.15) is 6.54 Å². The van der Waals surface area contributed by atoms with Crippen LogP contribution in [-0.2, 0) is 16.0 Å². The van der Waals surface area contributed by atoms with Gasteiger partial charge >= 0.3 is 0 Å². The maximum atomic E-state index is 12.3. The molecule has 1 aliphatic carbocycles. The fourth-order valence-electron chi connectivity index (χ4n) is 2.48. The van der Waals surface area contributed by atoms with Gasteiger partial charge in [-0.05, 0) is 44.2 Å². The van der Waals surface area contributed by atoms with Crippen molar-refractivity contribution < 1.29 is 9.53 Å². The Morgan fingerprint density at radius 1 is 1.37 bits per heavy atom. The van der Waals surface area contributed by atoms with Crippen LogP contribution in [0.3, 0.4) is 0 Å². The number of pyridine rings is 1. The summed E-state index contributed by atoms with van der Waals surface area (Å²) in [6.07, 6.45) is 6.08. The lowest BCUT2D eigenvalue weighted by Gasteiger charge is -2.16. The molecule has 1 amide bonds. The Labute approximate surface area is 162 Å². The van der Waals surface area contributed by atoms with E-state index in [1.165, 1.54) is 12.8 Å². The van der Waals surface area contributed by atoms with Crippen molar-refractivity contribution in [1.82, 2.24) is 20.5 Å². The summed E-state index contributed by atoms with van der Waals surface area (Å²) in [6, 6.07) is 5.82. The minimum atomic E-state index is -0.00380. The lowest BCUT2D eigenvalue weighted by atomic mass is 10.2. The Morgan fingerprint density at radius 2 is 2.22 bits per heavy atom. The van der Waals surface area contributed by atoms with Gasteiger partial charge in [0.2, 0.25) is 5.91 Å². The Hall–Kier alpha value is -2.15. The Kier molecular flexibility index (Phi) is 9.62. The number of nitrogens with one attached hydrogen (secondary N) is 2. The van der Waals surface area contributed by atoms with Crippen molar-refractivity contribution in [3.05, 3.63) is 30.1 Å². The highest BCUT2D eigenvalue weighted by atomic mass is 16.5. The molecule has 27 heavy (non-hydrogen) atoms. The van der Waals surface area contributed by atoms with E-state index in [-0.39, 0.29) is 12.5 Å². The Balaban J connectivity index is 1.64. The van der Waals surface area contributed by atoms with Gasteiger partial charge in [0.05, 0.1) is 0 Å². The maximum Gasteiger partial charge on any atom is 0.244 e. The molecule has 0 radical (unpaired) electrons. The number of aromatic nitrogens is 1. The highest BCUT2D eigenvalue weighted by Crippen LogP contribution is 2.28. The van der Waals surface area contributed by atoms with E-state index in [0.717, 1.165) is 50.8 Å². The number of guanidine groups is 1. The number of hydrogen-bond donors (Lipinski definition) is 2. The Bertz CT molecular complexity index is 575. The number of carbonyl (C=O) groups is 1. The van der Waals surface area contributed by atoms with Crippen LogP contribution < -0.4 is 10.6 Å². The van der Waals surface area contributed by atoms with E-state index in [0.29, 0.717) is 12.5 Å². The molecule has 0 unspecified atom stereocenters. The normalized spacial score (nSPS) is 14.1. The number of ether oxygens (including phenoxy) is 1. The number of carbonyl (C=O) groups excluding carboxylic acids is 1. The van der Waals surface area contributed by atoms with Gasteiger partial charge in [-0.2, -0.15) is 0 Å². The number of amides is 1. The summed E-state index contributed by atoms with van der Waals surface area (Å²) in [5, 5.41) is 6.43. The molecule has 1 aromatic rings. The highest BCUT2D eigenvalue weighted by molar-refractivity contribution is 5.84. The molecule has 1 fully saturated rings. The van der Waals surface area contributed by atoms with Crippen molar-refractivity contribution in [3.63, 3.8) is 0 Å². The van der Waals surface area contributed by atoms with Gasteiger partial charge < -0.3 is 20.3 Å². The van der Waals surface area contributed by atoms with Crippen LogP contribution in [0.5, 0.6) is 0 Å². The van der Waals surface area contributed by atoms with Crippen LogP contribution in [0.25, 0.3) is 0 Å². The zero-order chi connectivity index (χ0) is 19.3. The third-order valence-electron chi connectivity index (χ3n) is 4.38. The molecule has 7 heteroatoms. The van der Waals surface area contributed by atoms with Gasteiger partial charge in [0, 0.05) is 58.2 Å². The molecule has 2 N–H and O–H groups in total. The van der Waals surface area contributed by atoms with Gasteiger partial charge in [0.15, 0.2) is 5.96 Å². The third-order valence-corrected chi connectivity index (χ3v) is 4.38. The fourth-order valence-corrected chi connectivity index (χ4v) is 2.48. The average molecular weight is 376 g/mol. The van der Waals surface area contributed by atoms with Crippen molar-refractivity contribution in [2.75, 3.05) is 46.4 Å². The molecule has 0 saturated heterocycles. The van der Waals surface area contributed by atoms with Crippen molar-refractivity contribution in [1.29, 1.82) is 0 Å². The van der Waals surface area contributed by atoms with Crippen LogP contribution in [0.2, 0.25) is 0 Å². The first-order chi connectivity index (χ1) is 13.2. The minimum Gasteiger partial charge on any atom is -0.381 e. The molecule has 0 spiro atoms. The highest BCUT2D eigenvalue weighted by Gasteiger charge is 2.20. The molecule has 0 aliphatic heterocycles. The third kappa shape index (κ3) is 9.38. The van der Waals surface area contributed by atoms with Crippen LogP contribution in [0, 0.1) is 5.92 Å². The summed E-state index contributed by atoms with van der Waals surface area (Å²) in [6.45, 7) is 5.97. The molecule has 7 nitrogen and oxygen atoms in total. The molecule has 150 valence electrons. The summed E-state index contributed by atoms with van der Waals surface area (Å²) < 4.78 is 5.63. The zero-order valence-electron chi connectivity index (χ0n) is 16.6. The van der Waals surface area contributed by atoms with Crippen molar-refractivity contribution in [3.8, 4) is 0 Å². The van der Waals surface area contributed by atoms with E-state index < -0.39 is 0 Å². The lowest BCUT2D eigenvalue weighted by molar-refractivity contribution is -0.128. The van der Waals surface area contributed by atoms with Crippen molar-refractivity contribution in [2.24, 2.45) is 10.9 Å². The summed E-state index contributed by atoms with van der Waals surface area (Å²) in [7, 11) is 1.80. The van der Waals surface area contributed by atoms with Gasteiger partial charge in [-0.1, -0.05) is 6.07 Å². The van der Waals surface area contributed by atoms with Crippen LogP contribution in [0.4, 0.5) is 0 Å². The monoisotopic (exact) mass is 375 g/mol. The SMILES string of the molecule is CCNC(=NCC(=O)N(C)CCc1ccccn1)NCCCOCC1CC1. The van der Waals surface area contributed by atoms with E-state index in [4.69, 9.17) is 4.74 Å². The smallest absolute Gasteiger partial charge is 0.244 e. The summed E-state index contributed by atoms with van der Waals surface area (Å²) >= 11 is 0. The molecule has 1 heterocycles. The molecular formula is C20H33N5O2. The zero-order valence-corrected chi connectivity index (χ0v) is 16.6. The van der Waals surface area contributed by atoms with E-state index in [1.807, 2.05) is 25.1 Å². The van der Waals surface area contributed by atoms with E-state index >= 15 is 0 Å². The van der Waals surface area contributed by atoms with Gasteiger partial charge in [0.25, 0.3) is 0 Å². The summed E-state index contributed by atoms with van der Waals surface area (Å²) in [5.41, 5.74) is 0.986. The predicted octanol–water partition coefficient (Wildman–Crippen LogP) is 1.45. The van der Waals surface area contributed by atoms with E-state index in [9.17, 15) is 4.79 Å². The van der Waals surface area contributed by atoms with Gasteiger partial charge in [-0.25, -0.2) is 4.99 Å². The first kappa shape index (κ1) is 21.2. The quantitative estimate of drug-likeness (QED) is 0.328. The maximum absolute atomic E-state index is 12.3. The molecular weight excluding hydrogens is 342 g/mol. The standard InChI is InChI=1S/C20H33N5O2/c1-3-21-20(23-12-6-14-27-16-17-8-9-17)24-15-19(26)25(2)13-10-18-7-4-5-11-22-18/h4-5,7,11,17H,3,6,8-10,12-16H2,1-2H3,(H2,21,23,24). The lowest BCUT2D eigenvalue weighted by Crippen LogP contribution is -2.39. The molecule has 1 aliphatic rings. The van der Waals surface area contributed by atoms with Crippen molar-refractivity contribution >= 4 is 11.9 Å². The molecule has 2 rings (SSSR count).